The number of hydrogen-bond acceptors (Lipinski definition) is 5. The summed E-state index contributed by atoms with van der Waals surface area (Å²) in [6, 6.07) is 0. The van der Waals surface area contributed by atoms with Crippen molar-refractivity contribution in [3.05, 3.63) is 12.7 Å². The number of carbonyl (C=O) groups is 1. The Labute approximate surface area is 120 Å². The van der Waals surface area contributed by atoms with Crippen molar-refractivity contribution in [2.75, 3.05) is 33.9 Å². The molecule has 1 unspecified atom stereocenters. The average Bonchev–Trinajstić information content (AvgIpc) is 2.31. The van der Waals surface area contributed by atoms with Crippen LogP contribution in [0.2, 0.25) is 0 Å². The minimum absolute atomic E-state index is 0.0692. The molecular weight excluding hydrogens is 285 g/mol. The summed E-state index contributed by atoms with van der Waals surface area (Å²) < 4.78 is 26.0. The number of quaternary nitrogens is 1. The summed E-state index contributed by atoms with van der Waals surface area (Å²) in [6.07, 6.45) is 3.44. The third-order valence-electron chi connectivity index (χ3n) is 2.37. The van der Waals surface area contributed by atoms with Gasteiger partial charge in [-0.3, -0.25) is 9.42 Å². The molecule has 8 heteroatoms. The number of phosphoric ester groups is 1. The van der Waals surface area contributed by atoms with Crippen molar-refractivity contribution < 1.29 is 32.8 Å². The second-order valence-electron chi connectivity index (χ2n) is 4.70. The number of ether oxygens (including phenoxy) is 1. The van der Waals surface area contributed by atoms with Crippen LogP contribution in [0, 0.1) is 0 Å². The fourth-order valence-electron chi connectivity index (χ4n) is 1.51. The van der Waals surface area contributed by atoms with Crippen LogP contribution < -0.4 is 0 Å². The number of rotatable bonds is 11. The van der Waals surface area contributed by atoms with E-state index in [2.05, 4.69) is 11.1 Å². The molecular formula is C12H25NO6P+. The number of phosphoric acid groups is 1. The van der Waals surface area contributed by atoms with Gasteiger partial charge < -0.3 is 4.74 Å². The van der Waals surface area contributed by atoms with Crippen molar-refractivity contribution in [1.82, 2.24) is 0 Å². The summed E-state index contributed by atoms with van der Waals surface area (Å²) in [5.74, 6) is -0.428. The lowest BCUT2D eigenvalue weighted by atomic mass is 10.2. The molecule has 1 atom stereocenters. The average molecular weight is 310 g/mol. The van der Waals surface area contributed by atoms with Gasteiger partial charge in [0.15, 0.2) is 0 Å². The van der Waals surface area contributed by atoms with E-state index in [0.717, 1.165) is 25.3 Å². The fraction of sp³-hybridized carbons (Fsp3) is 0.750. The van der Waals surface area contributed by atoms with Crippen molar-refractivity contribution in [3.8, 4) is 0 Å². The minimum Gasteiger partial charge on any atom is -0.463 e. The SMILES string of the molecule is C=CC(=O)OCCCCC[N+](C)(C)OP(=O)(O)OCC. The molecule has 0 rings (SSSR count). The molecule has 0 aliphatic rings. The summed E-state index contributed by atoms with van der Waals surface area (Å²) >= 11 is 0. The normalized spacial score (nSPS) is 14.6. The largest absolute Gasteiger partial charge is 0.518 e. The Balaban J connectivity index is 3.85. The van der Waals surface area contributed by atoms with Gasteiger partial charge in [-0.05, 0) is 26.2 Å². The Hall–Kier alpha value is -0.720. The van der Waals surface area contributed by atoms with E-state index < -0.39 is 13.8 Å². The molecule has 0 spiro atoms. The van der Waals surface area contributed by atoms with E-state index in [1.807, 2.05) is 0 Å². The van der Waals surface area contributed by atoms with Crippen LogP contribution in [0.15, 0.2) is 12.7 Å². The molecule has 0 radical (unpaired) electrons. The van der Waals surface area contributed by atoms with E-state index >= 15 is 0 Å². The third-order valence-corrected chi connectivity index (χ3v) is 3.60. The second-order valence-corrected chi connectivity index (χ2v) is 6.06. The van der Waals surface area contributed by atoms with Gasteiger partial charge in [0.05, 0.1) is 27.3 Å². The zero-order valence-electron chi connectivity index (χ0n) is 12.4. The van der Waals surface area contributed by atoms with Crippen LogP contribution in [0.25, 0.3) is 0 Å². The van der Waals surface area contributed by atoms with E-state index in [1.165, 1.54) is 0 Å². The van der Waals surface area contributed by atoms with Crippen LogP contribution in [0.5, 0.6) is 0 Å². The van der Waals surface area contributed by atoms with Crippen molar-refractivity contribution in [3.63, 3.8) is 0 Å². The van der Waals surface area contributed by atoms with Gasteiger partial charge in [0.1, 0.15) is 6.54 Å². The van der Waals surface area contributed by atoms with Gasteiger partial charge in [0.2, 0.25) is 0 Å². The number of esters is 1. The fourth-order valence-corrected chi connectivity index (χ4v) is 2.52. The Morgan fingerprint density at radius 2 is 2.00 bits per heavy atom. The maximum atomic E-state index is 11.5. The van der Waals surface area contributed by atoms with Gasteiger partial charge in [-0.2, -0.15) is 4.65 Å². The first-order chi connectivity index (χ1) is 9.22. The number of unbranched alkanes of at least 4 members (excludes halogenated alkanes) is 2. The quantitative estimate of drug-likeness (QED) is 0.157. The van der Waals surface area contributed by atoms with E-state index in [1.54, 1.807) is 21.0 Å². The summed E-state index contributed by atoms with van der Waals surface area (Å²) in [6.45, 7) is 5.93. The van der Waals surface area contributed by atoms with Crippen LogP contribution >= 0.6 is 7.82 Å². The summed E-state index contributed by atoms with van der Waals surface area (Å²) in [7, 11) is -0.640. The molecule has 20 heavy (non-hydrogen) atoms. The smallest absolute Gasteiger partial charge is 0.463 e. The molecule has 0 heterocycles. The lowest BCUT2D eigenvalue weighted by Gasteiger charge is -2.27. The van der Waals surface area contributed by atoms with E-state index in [-0.39, 0.29) is 11.3 Å². The number of nitrogens with zero attached hydrogens (tertiary/aromatic N) is 1. The van der Waals surface area contributed by atoms with Crippen LogP contribution in [0.3, 0.4) is 0 Å². The molecule has 0 aliphatic carbocycles. The highest BCUT2D eigenvalue weighted by molar-refractivity contribution is 7.47. The molecule has 0 fully saturated rings. The Morgan fingerprint density at radius 3 is 2.55 bits per heavy atom. The van der Waals surface area contributed by atoms with Gasteiger partial charge in [0, 0.05) is 6.08 Å². The van der Waals surface area contributed by atoms with E-state index in [0.29, 0.717) is 13.2 Å². The molecule has 1 N–H and O–H groups in total. The van der Waals surface area contributed by atoms with Crippen molar-refractivity contribution in [2.24, 2.45) is 0 Å². The van der Waals surface area contributed by atoms with Gasteiger partial charge in [-0.25, -0.2) is 9.36 Å². The van der Waals surface area contributed by atoms with E-state index in [9.17, 15) is 14.3 Å². The molecule has 0 aliphatic heterocycles. The topological polar surface area (TPSA) is 82.1 Å². The lowest BCUT2D eigenvalue weighted by Crippen LogP contribution is -2.39. The van der Waals surface area contributed by atoms with Crippen LogP contribution in [-0.2, 0) is 23.2 Å². The first kappa shape index (κ1) is 19.3. The maximum absolute atomic E-state index is 11.5. The summed E-state index contributed by atoms with van der Waals surface area (Å²) in [5, 5.41) is 0. The molecule has 7 nitrogen and oxygen atoms in total. The highest BCUT2D eigenvalue weighted by Crippen LogP contribution is 2.45. The van der Waals surface area contributed by atoms with Crippen LogP contribution in [0.4, 0.5) is 0 Å². The molecule has 0 aromatic rings. The van der Waals surface area contributed by atoms with Gasteiger partial charge in [-0.15, -0.1) is 0 Å². The number of hydrogen-bond donors (Lipinski definition) is 1. The molecule has 0 saturated heterocycles. The Morgan fingerprint density at radius 1 is 1.35 bits per heavy atom. The Bertz CT molecular complexity index is 358. The maximum Gasteiger partial charge on any atom is 0.518 e. The molecule has 118 valence electrons. The van der Waals surface area contributed by atoms with Gasteiger partial charge >= 0.3 is 13.8 Å². The van der Waals surface area contributed by atoms with Crippen molar-refractivity contribution >= 4 is 13.8 Å². The summed E-state index contributed by atoms with van der Waals surface area (Å²) in [4.78, 5) is 20.2. The monoisotopic (exact) mass is 310 g/mol. The zero-order valence-corrected chi connectivity index (χ0v) is 13.3. The lowest BCUT2D eigenvalue weighted by molar-refractivity contribution is -1.05. The standard InChI is InChI=1S/C12H24NO6P/c1-5-12(14)17-11-9-7-8-10-13(3,4)19-20(15,16)18-6-2/h5H,1,6-11H2,2-4H3/p+1. The van der Waals surface area contributed by atoms with Crippen LogP contribution in [-0.4, -0.2) is 49.4 Å². The first-order valence-corrected chi connectivity index (χ1v) is 8.03. The molecule has 0 bridgehead atoms. The second kappa shape index (κ2) is 9.26. The molecule has 0 aromatic carbocycles. The highest BCUT2D eigenvalue weighted by atomic mass is 31.2. The predicted molar refractivity (Wildman–Crippen MR) is 74.5 cm³/mol. The third kappa shape index (κ3) is 10.1. The van der Waals surface area contributed by atoms with E-state index in [4.69, 9.17) is 9.36 Å². The number of carbonyl (C=O) groups excluding carboxylic acids is 1. The molecule has 0 amide bonds. The van der Waals surface area contributed by atoms with Gasteiger partial charge in [-0.1, -0.05) is 11.2 Å². The van der Waals surface area contributed by atoms with Crippen LogP contribution in [0.1, 0.15) is 26.2 Å². The highest BCUT2D eigenvalue weighted by Gasteiger charge is 2.32. The molecule has 0 saturated carbocycles. The molecule has 0 aromatic heterocycles. The first-order valence-electron chi connectivity index (χ1n) is 6.53. The zero-order chi connectivity index (χ0) is 15.6. The van der Waals surface area contributed by atoms with Crippen molar-refractivity contribution in [1.29, 1.82) is 0 Å². The predicted octanol–water partition coefficient (Wildman–Crippen LogP) is 2.03. The number of hydroxylamine groups is 3. The van der Waals surface area contributed by atoms with Crippen molar-refractivity contribution in [2.45, 2.75) is 26.2 Å². The minimum atomic E-state index is -4.00. The summed E-state index contributed by atoms with van der Waals surface area (Å²) in [5.41, 5.74) is 0. The Kier molecular flexibility index (Phi) is 8.93. The van der Waals surface area contributed by atoms with Gasteiger partial charge in [0.25, 0.3) is 0 Å².